The first-order valence-corrected chi connectivity index (χ1v) is 9.02. The second kappa shape index (κ2) is 7.07. The Morgan fingerprint density at radius 1 is 1.07 bits per heavy atom. The van der Waals surface area contributed by atoms with Crippen LogP contribution in [-0.4, -0.2) is 26.7 Å². The Hall–Kier alpha value is -3.41. The van der Waals surface area contributed by atoms with Gasteiger partial charge in [-0.25, -0.2) is 14.2 Å². The lowest BCUT2D eigenvalue weighted by atomic mass is 10.2. The lowest BCUT2D eigenvalue weighted by Crippen LogP contribution is -2.37. The summed E-state index contributed by atoms with van der Waals surface area (Å²) >= 11 is 0. The highest BCUT2D eigenvalue weighted by atomic mass is 16.2. The fourth-order valence-electron chi connectivity index (χ4n) is 3.30. The molecule has 4 aromatic rings. The number of fused-ring (bicyclic) bond motifs is 3. The van der Waals surface area contributed by atoms with E-state index in [-0.39, 0.29) is 5.69 Å². The lowest BCUT2D eigenvalue weighted by molar-refractivity contribution is 0.242. The van der Waals surface area contributed by atoms with Crippen molar-refractivity contribution in [2.24, 2.45) is 0 Å². The number of benzene rings is 2. The van der Waals surface area contributed by atoms with Crippen LogP contribution in [0, 0.1) is 0 Å². The third-order valence-electron chi connectivity index (χ3n) is 4.57. The molecule has 0 aliphatic heterocycles. The number of amides is 1. The molecule has 0 spiro atoms. The molecule has 0 radical (unpaired) electrons. The Morgan fingerprint density at radius 2 is 1.81 bits per heavy atom. The summed E-state index contributed by atoms with van der Waals surface area (Å²) < 4.78 is 2.84. The normalized spacial score (nSPS) is 11.1. The maximum atomic E-state index is 13.2. The standard InChI is InChI=1S/C21H20N4O2/c1-2-12-22-20(26)25-18-13-23-17-11-7-6-10-16(17)19(18)24(21(25)27)14-15-8-4-3-5-9-15/h3-11,13H,2,12,14H2,1H3,(H,22,26). The summed E-state index contributed by atoms with van der Waals surface area (Å²) in [6.07, 6.45) is 2.40. The molecular formula is C21H20N4O2. The number of imidazole rings is 1. The third-order valence-corrected chi connectivity index (χ3v) is 4.57. The molecule has 4 rings (SSSR count). The van der Waals surface area contributed by atoms with E-state index in [2.05, 4.69) is 10.3 Å². The van der Waals surface area contributed by atoms with E-state index in [4.69, 9.17) is 0 Å². The molecule has 0 aliphatic rings. The number of rotatable bonds is 4. The van der Waals surface area contributed by atoms with Gasteiger partial charge in [-0.1, -0.05) is 55.5 Å². The topological polar surface area (TPSA) is 68.9 Å². The second-order valence-electron chi connectivity index (χ2n) is 6.43. The van der Waals surface area contributed by atoms with Gasteiger partial charge < -0.3 is 5.32 Å². The molecule has 0 saturated heterocycles. The van der Waals surface area contributed by atoms with Crippen LogP contribution < -0.4 is 11.0 Å². The van der Waals surface area contributed by atoms with Crippen molar-refractivity contribution in [1.82, 2.24) is 19.4 Å². The van der Waals surface area contributed by atoms with Crippen LogP contribution >= 0.6 is 0 Å². The average molecular weight is 360 g/mol. The summed E-state index contributed by atoms with van der Waals surface area (Å²) in [4.78, 5) is 30.3. The van der Waals surface area contributed by atoms with Gasteiger partial charge in [-0.15, -0.1) is 0 Å². The van der Waals surface area contributed by atoms with Gasteiger partial charge in [0.1, 0.15) is 0 Å². The van der Waals surface area contributed by atoms with Gasteiger partial charge in [0.05, 0.1) is 29.3 Å². The molecule has 1 N–H and O–H groups in total. The Bertz CT molecular complexity index is 1180. The summed E-state index contributed by atoms with van der Waals surface area (Å²) in [5.41, 5.74) is 2.66. The number of pyridine rings is 1. The van der Waals surface area contributed by atoms with Gasteiger partial charge in [0.15, 0.2) is 0 Å². The lowest BCUT2D eigenvalue weighted by Gasteiger charge is -2.05. The first-order valence-electron chi connectivity index (χ1n) is 9.02. The van der Waals surface area contributed by atoms with Crippen molar-refractivity contribution in [3.05, 3.63) is 76.8 Å². The van der Waals surface area contributed by atoms with E-state index in [1.54, 1.807) is 10.8 Å². The number of nitrogens with zero attached hydrogens (tertiary/aromatic N) is 3. The van der Waals surface area contributed by atoms with Crippen molar-refractivity contribution in [2.45, 2.75) is 19.9 Å². The van der Waals surface area contributed by atoms with Gasteiger partial charge in [0.25, 0.3) is 0 Å². The summed E-state index contributed by atoms with van der Waals surface area (Å²) in [6, 6.07) is 17.0. The van der Waals surface area contributed by atoms with Crippen molar-refractivity contribution >= 4 is 28.0 Å². The van der Waals surface area contributed by atoms with Gasteiger partial charge in [-0.3, -0.25) is 9.55 Å². The van der Waals surface area contributed by atoms with Crippen LogP contribution in [0.25, 0.3) is 21.9 Å². The van der Waals surface area contributed by atoms with Gasteiger partial charge in [0.2, 0.25) is 0 Å². The van der Waals surface area contributed by atoms with Crippen LogP contribution in [0.1, 0.15) is 18.9 Å². The van der Waals surface area contributed by atoms with Crippen LogP contribution in [0.5, 0.6) is 0 Å². The molecule has 6 nitrogen and oxygen atoms in total. The predicted octanol–water partition coefficient (Wildman–Crippen LogP) is 3.37. The molecule has 2 aromatic carbocycles. The smallest absolute Gasteiger partial charge is 0.337 e. The Labute approximate surface area is 156 Å². The van der Waals surface area contributed by atoms with Gasteiger partial charge >= 0.3 is 11.7 Å². The molecule has 1 amide bonds. The first kappa shape index (κ1) is 17.0. The van der Waals surface area contributed by atoms with E-state index in [0.29, 0.717) is 18.6 Å². The zero-order chi connectivity index (χ0) is 18.8. The molecule has 0 bridgehead atoms. The molecule has 0 atom stereocenters. The van der Waals surface area contributed by atoms with Crippen LogP contribution in [0.4, 0.5) is 4.79 Å². The van der Waals surface area contributed by atoms with Gasteiger partial charge in [0, 0.05) is 11.9 Å². The number of para-hydroxylation sites is 1. The Morgan fingerprint density at radius 3 is 2.59 bits per heavy atom. The van der Waals surface area contributed by atoms with E-state index in [1.165, 1.54) is 4.57 Å². The Kier molecular flexibility index (Phi) is 4.46. The summed E-state index contributed by atoms with van der Waals surface area (Å²) in [6.45, 7) is 2.87. The van der Waals surface area contributed by atoms with Crippen molar-refractivity contribution in [3.63, 3.8) is 0 Å². The molecule has 6 heteroatoms. The highest BCUT2D eigenvalue weighted by Crippen LogP contribution is 2.23. The van der Waals surface area contributed by atoms with E-state index in [9.17, 15) is 9.59 Å². The van der Waals surface area contributed by atoms with Crippen molar-refractivity contribution in [3.8, 4) is 0 Å². The molecule has 2 heterocycles. The Balaban J connectivity index is 1.99. The minimum atomic E-state index is -0.421. The maximum Gasteiger partial charge on any atom is 0.337 e. The SMILES string of the molecule is CCCNC(=O)n1c(=O)n(Cc2ccccc2)c2c3ccccc3ncc21. The highest BCUT2D eigenvalue weighted by Gasteiger charge is 2.20. The predicted molar refractivity (Wildman–Crippen MR) is 106 cm³/mol. The summed E-state index contributed by atoms with van der Waals surface area (Å²) in [7, 11) is 0. The highest BCUT2D eigenvalue weighted by molar-refractivity contribution is 6.04. The third kappa shape index (κ3) is 2.99. The fraction of sp³-hybridized carbons (Fsp3) is 0.190. The summed E-state index contributed by atoms with van der Waals surface area (Å²) in [5.74, 6) is 0. The molecule has 2 aromatic heterocycles. The van der Waals surface area contributed by atoms with E-state index in [0.717, 1.165) is 28.4 Å². The first-order chi connectivity index (χ1) is 13.2. The van der Waals surface area contributed by atoms with Crippen LogP contribution in [0.15, 0.2) is 65.6 Å². The van der Waals surface area contributed by atoms with E-state index >= 15 is 0 Å². The number of carbonyl (C=O) groups is 1. The number of carbonyl (C=O) groups excluding carboxylic acids is 1. The van der Waals surface area contributed by atoms with Gasteiger partial charge in [-0.05, 0) is 18.1 Å². The van der Waals surface area contributed by atoms with E-state index < -0.39 is 6.03 Å². The molecule has 27 heavy (non-hydrogen) atoms. The minimum absolute atomic E-state index is 0.361. The second-order valence-corrected chi connectivity index (χ2v) is 6.43. The van der Waals surface area contributed by atoms with Crippen molar-refractivity contribution in [2.75, 3.05) is 6.54 Å². The largest absolute Gasteiger partial charge is 0.337 e. The molecule has 0 aliphatic carbocycles. The zero-order valence-corrected chi connectivity index (χ0v) is 15.1. The molecule has 0 saturated carbocycles. The number of nitrogens with one attached hydrogen (secondary N) is 1. The molecule has 136 valence electrons. The van der Waals surface area contributed by atoms with E-state index in [1.807, 2.05) is 61.5 Å². The minimum Gasteiger partial charge on any atom is -0.337 e. The number of hydrogen-bond acceptors (Lipinski definition) is 3. The van der Waals surface area contributed by atoms with Gasteiger partial charge in [-0.2, -0.15) is 0 Å². The maximum absolute atomic E-state index is 13.2. The number of hydrogen-bond donors (Lipinski definition) is 1. The quantitative estimate of drug-likeness (QED) is 0.607. The molecule has 0 unspecified atom stereocenters. The average Bonchev–Trinajstić information content (AvgIpc) is 2.99. The van der Waals surface area contributed by atoms with Crippen molar-refractivity contribution in [1.29, 1.82) is 0 Å². The molecular weight excluding hydrogens is 340 g/mol. The van der Waals surface area contributed by atoms with Crippen molar-refractivity contribution < 1.29 is 4.79 Å². The zero-order valence-electron chi connectivity index (χ0n) is 15.1. The monoisotopic (exact) mass is 360 g/mol. The van der Waals surface area contributed by atoms with Crippen LogP contribution in [0.2, 0.25) is 0 Å². The number of aromatic nitrogens is 3. The van der Waals surface area contributed by atoms with Crippen LogP contribution in [0.3, 0.4) is 0 Å². The van der Waals surface area contributed by atoms with Crippen LogP contribution in [-0.2, 0) is 6.54 Å². The summed E-state index contributed by atoms with van der Waals surface area (Å²) in [5, 5.41) is 3.64. The molecule has 0 fully saturated rings. The fourth-order valence-corrected chi connectivity index (χ4v) is 3.30.